The Morgan fingerprint density at radius 3 is 2.71 bits per heavy atom. The summed E-state index contributed by atoms with van der Waals surface area (Å²) in [6.45, 7) is 10.1. The van der Waals surface area contributed by atoms with Gasteiger partial charge in [0.25, 0.3) is 0 Å². The lowest BCUT2D eigenvalue weighted by Gasteiger charge is -2.19. The van der Waals surface area contributed by atoms with Gasteiger partial charge >= 0.3 is 5.97 Å². The number of rotatable bonds is 4. The summed E-state index contributed by atoms with van der Waals surface area (Å²) in [7, 11) is 0. The second kappa shape index (κ2) is 5.98. The quantitative estimate of drug-likeness (QED) is 0.792. The molecule has 1 aromatic heterocycles. The molecule has 0 bridgehead atoms. The average molecular weight is 303 g/mol. The Bertz CT molecular complexity index is 659. The molecule has 112 valence electrons. The molecule has 0 atom stereocenters. The molecule has 0 spiro atoms. The molecule has 0 amide bonds. The SMILES string of the molecule is CCOC(=O)C(C)(C)c1csc(-c2cccc(C)c2C)n1. The highest BCUT2D eigenvalue weighted by atomic mass is 32.1. The van der Waals surface area contributed by atoms with Gasteiger partial charge in [-0.2, -0.15) is 0 Å². The number of nitrogens with zero attached hydrogens (tertiary/aromatic N) is 1. The lowest BCUT2D eigenvalue weighted by Crippen LogP contribution is -2.31. The Balaban J connectivity index is 2.38. The minimum atomic E-state index is -0.720. The largest absolute Gasteiger partial charge is 0.465 e. The summed E-state index contributed by atoms with van der Waals surface area (Å²) in [5.41, 5.74) is 3.65. The molecule has 0 aliphatic carbocycles. The molecule has 1 aromatic carbocycles. The van der Waals surface area contributed by atoms with Gasteiger partial charge in [-0.05, 0) is 45.7 Å². The number of aryl methyl sites for hydroxylation is 1. The van der Waals surface area contributed by atoms with Crippen LogP contribution in [-0.4, -0.2) is 17.6 Å². The molecule has 3 nitrogen and oxygen atoms in total. The topological polar surface area (TPSA) is 39.2 Å². The molecular formula is C17H21NO2S. The third-order valence-electron chi connectivity index (χ3n) is 3.77. The summed E-state index contributed by atoms with van der Waals surface area (Å²) in [6.07, 6.45) is 0. The number of carbonyl (C=O) groups is 1. The van der Waals surface area contributed by atoms with Crippen LogP contribution < -0.4 is 0 Å². The van der Waals surface area contributed by atoms with Crippen LogP contribution in [0.3, 0.4) is 0 Å². The number of aromatic nitrogens is 1. The summed E-state index contributed by atoms with van der Waals surface area (Å²) in [5.74, 6) is -0.234. The van der Waals surface area contributed by atoms with Gasteiger partial charge in [0.15, 0.2) is 0 Å². The van der Waals surface area contributed by atoms with Crippen LogP contribution >= 0.6 is 11.3 Å². The van der Waals surface area contributed by atoms with Crippen LogP contribution in [0.4, 0.5) is 0 Å². The van der Waals surface area contributed by atoms with Crippen LogP contribution in [0, 0.1) is 13.8 Å². The van der Waals surface area contributed by atoms with Crippen molar-refractivity contribution < 1.29 is 9.53 Å². The van der Waals surface area contributed by atoms with Gasteiger partial charge in [0, 0.05) is 10.9 Å². The van der Waals surface area contributed by atoms with Crippen LogP contribution in [0.25, 0.3) is 10.6 Å². The fourth-order valence-corrected chi connectivity index (χ4v) is 3.15. The van der Waals surface area contributed by atoms with Gasteiger partial charge in [-0.3, -0.25) is 4.79 Å². The molecule has 0 saturated heterocycles. The van der Waals surface area contributed by atoms with Crippen molar-refractivity contribution in [1.29, 1.82) is 0 Å². The summed E-state index contributed by atoms with van der Waals surface area (Å²) >= 11 is 1.57. The van der Waals surface area contributed by atoms with Crippen molar-refractivity contribution >= 4 is 17.3 Å². The first-order chi connectivity index (χ1) is 9.87. The van der Waals surface area contributed by atoms with Gasteiger partial charge in [-0.1, -0.05) is 18.2 Å². The normalized spacial score (nSPS) is 11.5. The Hall–Kier alpha value is -1.68. The zero-order chi connectivity index (χ0) is 15.6. The van der Waals surface area contributed by atoms with Gasteiger partial charge < -0.3 is 4.74 Å². The second-order valence-corrected chi connectivity index (χ2v) is 6.49. The zero-order valence-corrected chi connectivity index (χ0v) is 14.0. The van der Waals surface area contributed by atoms with E-state index in [1.165, 1.54) is 11.1 Å². The molecule has 0 N–H and O–H groups in total. The molecule has 0 unspecified atom stereocenters. The highest BCUT2D eigenvalue weighted by molar-refractivity contribution is 7.13. The highest BCUT2D eigenvalue weighted by Crippen LogP contribution is 2.33. The summed E-state index contributed by atoms with van der Waals surface area (Å²) in [4.78, 5) is 16.7. The number of carbonyl (C=O) groups excluding carboxylic acids is 1. The lowest BCUT2D eigenvalue weighted by atomic mass is 9.90. The Kier molecular flexibility index (Phi) is 4.47. The van der Waals surface area contributed by atoms with Crippen molar-refractivity contribution in [3.63, 3.8) is 0 Å². The van der Waals surface area contributed by atoms with Gasteiger partial charge in [-0.15, -0.1) is 11.3 Å². The number of ether oxygens (including phenoxy) is 1. The maximum atomic E-state index is 12.1. The summed E-state index contributed by atoms with van der Waals surface area (Å²) in [5, 5.41) is 2.90. The Labute approximate surface area is 130 Å². The minimum absolute atomic E-state index is 0.234. The second-order valence-electron chi connectivity index (χ2n) is 5.63. The van der Waals surface area contributed by atoms with Crippen LogP contribution in [0.5, 0.6) is 0 Å². The molecule has 0 radical (unpaired) electrons. The van der Waals surface area contributed by atoms with Gasteiger partial charge in [0.1, 0.15) is 10.4 Å². The van der Waals surface area contributed by atoms with E-state index in [2.05, 4.69) is 31.0 Å². The Morgan fingerprint density at radius 2 is 2.05 bits per heavy atom. The van der Waals surface area contributed by atoms with Crippen molar-refractivity contribution in [1.82, 2.24) is 4.98 Å². The van der Waals surface area contributed by atoms with Crippen molar-refractivity contribution in [2.24, 2.45) is 0 Å². The van der Waals surface area contributed by atoms with Crippen LogP contribution in [-0.2, 0) is 14.9 Å². The molecule has 4 heteroatoms. The zero-order valence-electron chi connectivity index (χ0n) is 13.2. The molecular weight excluding hydrogens is 282 g/mol. The maximum absolute atomic E-state index is 12.1. The van der Waals surface area contributed by atoms with E-state index in [9.17, 15) is 4.79 Å². The molecule has 0 saturated carbocycles. The van der Waals surface area contributed by atoms with Crippen molar-refractivity contribution in [3.8, 4) is 10.6 Å². The van der Waals surface area contributed by atoms with Crippen LogP contribution in [0.1, 0.15) is 37.6 Å². The van der Waals surface area contributed by atoms with E-state index in [1.54, 1.807) is 11.3 Å². The predicted molar refractivity (Wildman–Crippen MR) is 86.7 cm³/mol. The average Bonchev–Trinajstić information content (AvgIpc) is 2.92. The van der Waals surface area contributed by atoms with Gasteiger partial charge in [0.05, 0.1) is 12.3 Å². The molecule has 1 heterocycles. The first-order valence-electron chi connectivity index (χ1n) is 7.07. The highest BCUT2D eigenvalue weighted by Gasteiger charge is 2.34. The lowest BCUT2D eigenvalue weighted by molar-refractivity contribution is -0.148. The van der Waals surface area contributed by atoms with Gasteiger partial charge in [0.2, 0.25) is 0 Å². The van der Waals surface area contributed by atoms with E-state index < -0.39 is 5.41 Å². The van der Waals surface area contributed by atoms with E-state index in [0.717, 1.165) is 16.3 Å². The number of thiazole rings is 1. The number of hydrogen-bond acceptors (Lipinski definition) is 4. The first kappa shape index (κ1) is 15.7. The van der Waals surface area contributed by atoms with E-state index in [0.29, 0.717) is 6.61 Å². The van der Waals surface area contributed by atoms with Gasteiger partial charge in [-0.25, -0.2) is 4.98 Å². The third-order valence-corrected chi connectivity index (χ3v) is 4.64. The molecule has 21 heavy (non-hydrogen) atoms. The minimum Gasteiger partial charge on any atom is -0.465 e. The fourth-order valence-electron chi connectivity index (χ4n) is 2.08. The summed E-state index contributed by atoms with van der Waals surface area (Å²) in [6, 6.07) is 6.20. The Morgan fingerprint density at radius 1 is 1.33 bits per heavy atom. The van der Waals surface area contributed by atoms with Crippen molar-refractivity contribution in [2.75, 3.05) is 6.61 Å². The molecule has 2 rings (SSSR count). The molecule has 0 aliphatic rings. The molecule has 0 fully saturated rings. The van der Waals surface area contributed by atoms with E-state index >= 15 is 0 Å². The van der Waals surface area contributed by atoms with E-state index in [-0.39, 0.29) is 5.97 Å². The standard InChI is InChI=1S/C17H21NO2S/c1-6-20-16(19)17(4,5)14-10-21-15(18-14)13-9-7-8-11(2)12(13)3/h7-10H,6H2,1-5H3. The maximum Gasteiger partial charge on any atom is 0.317 e. The van der Waals surface area contributed by atoms with Crippen LogP contribution in [0.2, 0.25) is 0 Å². The number of hydrogen-bond donors (Lipinski definition) is 0. The van der Waals surface area contributed by atoms with Crippen molar-refractivity contribution in [2.45, 2.75) is 40.0 Å². The third kappa shape index (κ3) is 3.00. The van der Waals surface area contributed by atoms with Crippen molar-refractivity contribution in [3.05, 3.63) is 40.4 Å². The molecule has 2 aromatic rings. The predicted octanol–water partition coefficient (Wildman–Crippen LogP) is 4.27. The monoisotopic (exact) mass is 303 g/mol. The number of esters is 1. The summed E-state index contributed by atoms with van der Waals surface area (Å²) < 4.78 is 5.14. The van der Waals surface area contributed by atoms with Crippen LogP contribution in [0.15, 0.2) is 23.6 Å². The fraction of sp³-hybridized carbons (Fsp3) is 0.412. The molecule has 0 aliphatic heterocycles. The van der Waals surface area contributed by atoms with E-state index in [4.69, 9.17) is 4.74 Å². The van der Waals surface area contributed by atoms with E-state index in [1.807, 2.05) is 32.2 Å². The first-order valence-corrected chi connectivity index (χ1v) is 7.95. The smallest absolute Gasteiger partial charge is 0.317 e. The number of benzene rings is 1.